The van der Waals surface area contributed by atoms with Gasteiger partial charge in [-0.2, -0.15) is 13.2 Å². The maximum absolute atomic E-state index is 13.5. The molecule has 0 bridgehead atoms. The Hall–Kier alpha value is -3.39. The summed E-state index contributed by atoms with van der Waals surface area (Å²) in [5.41, 5.74) is 1.10. The van der Waals surface area contributed by atoms with E-state index in [1.807, 2.05) is 0 Å². The van der Waals surface area contributed by atoms with Gasteiger partial charge in [0.25, 0.3) is 5.91 Å². The van der Waals surface area contributed by atoms with Crippen molar-refractivity contribution in [3.8, 4) is 17.2 Å². The van der Waals surface area contributed by atoms with Crippen molar-refractivity contribution in [1.82, 2.24) is 4.90 Å². The summed E-state index contributed by atoms with van der Waals surface area (Å²) in [6, 6.07) is 14.4. The minimum Gasteiger partial charge on any atom is -0.493 e. The fourth-order valence-corrected chi connectivity index (χ4v) is 4.34. The Balaban J connectivity index is 1.73. The first-order valence-corrected chi connectivity index (χ1v) is 11.2. The van der Waals surface area contributed by atoms with Gasteiger partial charge in [-0.25, -0.2) is 0 Å². The lowest BCUT2D eigenvalue weighted by Gasteiger charge is -2.38. The molecule has 0 N–H and O–H groups in total. The number of rotatable bonds is 6. The molecule has 1 amide bonds. The van der Waals surface area contributed by atoms with Gasteiger partial charge in [0, 0.05) is 11.6 Å². The molecule has 0 unspecified atom stereocenters. The van der Waals surface area contributed by atoms with Crippen LogP contribution >= 0.6 is 11.6 Å². The second-order valence-corrected chi connectivity index (χ2v) is 8.45. The van der Waals surface area contributed by atoms with Crippen molar-refractivity contribution in [2.75, 3.05) is 27.4 Å². The van der Waals surface area contributed by atoms with Crippen LogP contribution in [0.5, 0.6) is 17.2 Å². The van der Waals surface area contributed by atoms with Crippen LogP contribution in [-0.2, 0) is 17.4 Å². The van der Waals surface area contributed by atoms with E-state index in [0.717, 1.165) is 17.7 Å². The van der Waals surface area contributed by atoms with Gasteiger partial charge >= 0.3 is 6.18 Å². The molecule has 35 heavy (non-hydrogen) atoms. The van der Waals surface area contributed by atoms with Gasteiger partial charge in [0.15, 0.2) is 18.1 Å². The highest BCUT2D eigenvalue weighted by Crippen LogP contribution is 2.42. The van der Waals surface area contributed by atoms with Gasteiger partial charge in [0.1, 0.15) is 5.75 Å². The Labute approximate surface area is 206 Å². The van der Waals surface area contributed by atoms with Crippen molar-refractivity contribution < 1.29 is 32.2 Å². The number of halogens is 4. The molecule has 4 rings (SSSR count). The molecule has 0 fully saturated rings. The lowest BCUT2D eigenvalue weighted by Crippen LogP contribution is -2.43. The number of carbonyl (C=O) groups excluding carboxylic acids is 1. The summed E-state index contributed by atoms with van der Waals surface area (Å²) in [7, 11) is 3.00. The molecule has 3 aromatic carbocycles. The molecule has 1 aliphatic rings. The standard InChI is InChI=1S/C26H23ClF3NO4/c1-33-22-13-16-10-11-31(24(32)15-35-20-8-6-19(27)7-9-20)25(21(16)14-23(22)34-2)17-4-3-5-18(12-17)26(28,29)30/h3-9,12-14,25H,10-11,15H2,1-2H3/t25-/m1/s1. The van der Waals surface area contributed by atoms with Crippen LogP contribution in [0.4, 0.5) is 13.2 Å². The topological polar surface area (TPSA) is 48.0 Å². The number of alkyl halides is 3. The summed E-state index contributed by atoms with van der Waals surface area (Å²) in [4.78, 5) is 14.8. The molecule has 5 nitrogen and oxygen atoms in total. The van der Waals surface area contributed by atoms with Crippen LogP contribution in [0.15, 0.2) is 60.7 Å². The number of benzene rings is 3. The number of nitrogens with zero attached hydrogens (tertiary/aromatic N) is 1. The van der Waals surface area contributed by atoms with Crippen molar-refractivity contribution in [2.24, 2.45) is 0 Å². The van der Waals surface area contributed by atoms with Crippen molar-refractivity contribution in [1.29, 1.82) is 0 Å². The van der Waals surface area contributed by atoms with Gasteiger partial charge in [0.2, 0.25) is 0 Å². The summed E-state index contributed by atoms with van der Waals surface area (Å²) in [6.07, 6.45) is -4.02. The minimum absolute atomic E-state index is 0.278. The Morgan fingerprint density at radius 3 is 2.37 bits per heavy atom. The van der Waals surface area contributed by atoms with Gasteiger partial charge in [-0.15, -0.1) is 0 Å². The molecular formula is C26H23ClF3NO4. The Morgan fingerprint density at radius 1 is 1.03 bits per heavy atom. The highest BCUT2D eigenvalue weighted by atomic mass is 35.5. The first-order valence-electron chi connectivity index (χ1n) is 10.8. The largest absolute Gasteiger partial charge is 0.493 e. The summed E-state index contributed by atoms with van der Waals surface area (Å²) in [6.45, 7) is 0.0198. The molecule has 0 saturated carbocycles. The number of methoxy groups -OCH3 is 2. The van der Waals surface area contributed by atoms with Crippen LogP contribution in [-0.4, -0.2) is 38.2 Å². The molecule has 0 spiro atoms. The summed E-state index contributed by atoms with van der Waals surface area (Å²) >= 11 is 5.89. The van der Waals surface area contributed by atoms with Crippen molar-refractivity contribution in [3.63, 3.8) is 0 Å². The van der Waals surface area contributed by atoms with E-state index in [0.29, 0.717) is 46.4 Å². The molecule has 1 aliphatic heterocycles. The summed E-state index contributed by atoms with van der Waals surface area (Å²) < 4.78 is 56.9. The third-order valence-corrected chi connectivity index (χ3v) is 6.15. The maximum Gasteiger partial charge on any atom is 0.416 e. The van der Waals surface area contributed by atoms with Gasteiger partial charge in [-0.05, 0) is 71.6 Å². The van der Waals surface area contributed by atoms with E-state index < -0.39 is 17.8 Å². The lowest BCUT2D eigenvalue weighted by atomic mass is 9.87. The Morgan fingerprint density at radius 2 is 1.71 bits per heavy atom. The predicted octanol–water partition coefficient (Wildman–Crippen LogP) is 5.93. The maximum atomic E-state index is 13.5. The quantitative estimate of drug-likeness (QED) is 0.417. The average molecular weight is 506 g/mol. The fourth-order valence-electron chi connectivity index (χ4n) is 4.22. The molecule has 1 atom stereocenters. The lowest BCUT2D eigenvalue weighted by molar-refractivity contribution is -0.137. The van der Waals surface area contributed by atoms with Crippen molar-refractivity contribution in [2.45, 2.75) is 18.6 Å². The molecule has 1 heterocycles. The first kappa shape index (κ1) is 24.7. The molecule has 0 aromatic heterocycles. The third-order valence-electron chi connectivity index (χ3n) is 5.90. The zero-order chi connectivity index (χ0) is 25.2. The van der Waals surface area contributed by atoms with Crippen LogP contribution in [0.2, 0.25) is 5.02 Å². The third kappa shape index (κ3) is 5.32. The van der Waals surface area contributed by atoms with E-state index in [4.69, 9.17) is 25.8 Å². The number of carbonyl (C=O) groups is 1. The monoisotopic (exact) mass is 505 g/mol. The van der Waals surface area contributed by atoms with Crippen LogP contribution in [0.1, 0.15) is 28.3 Å². The molecule has 0 aliphatic carbocycles. The summed E-state index contributed by atoms with van der Waals surface area (Å²) in [5.74, 6) is 1.04. The van der Waals surface area contributed by atoms with E-state index in [1.54, 1.807) is 47.4 Å². The highest BCUT2D eigenvalue weighted by molar-refractivity contribution is 6.30. The second-order valence-electron chi connectivity index (χ2n) is 8.01. The molecule has 184 valence electrons. The van der Waals surface area contributed by atoms with Crippen LogP contribution in [0.25, 0.3) is 0 Å². The Kier molecular flexibility index (Phi) is 7.12. The number of amides is 1. The molecule has 3 aromatic rings. The zero-order valence-electron chi connectivity index (χ0n) is 19.1. The molecule has 9 heteroatoms. The van der Waals surface area contributed by atoms with E-state index in [-0.39, 0.29) is 12.5 Å². The molecule has 0 radical (unpaired) electrons. The normalized spacial score (nSPS) is 15.4. The number of hydrogen-bond donors (Lipinski definition) is 0. The van der Waals surface area contributed by atoms with Crippen LogP contribution in [0.3, 0.4) is 0 Å². The smallest absolute Gasteiger partial charge is 0.416 e. The second kappa shape index (κ2) is 10.1. The van der Waals surface area contributed by atoms with E-state index in [9.17, 15) is 18.0 Å². The fraction of sp³-hybridized carbons (Fsp3) is 0.269. The van der Waals surface area contributed by atoms with Gasteiger partial charge in [-0.1, -0.05) is 23.7 Å². The number of ether oxygens (including phenoxy) is 3. The van der Waals surface area contributed by atoms with Crippen LogP contribution < -0.4 is 14.2 Å². The predicted molar refractivity (Wildman–Crippen MR) is 125 cm³/mol. The highest BCUT2D eigenvalue weighted by Gasteiger charge is 2.36. The van der Waals surface area contributed by atoms with Gasteiger partial charge < -0.3 is 19.1 Å². The number of fused-ring (bicyclic) bond motifs is 1. The molecular weight excluding hydrogens is 483 g/mol. The van der Waals surface area contributed by atoms with E-state index in [1.165, 1.54) is 20.3 Å². The minimum atomic E-state index is -4.52. The first-order chi connectivity index (χ1) is 16.7. The van der Waals surface area contributed by atoms with E-state index in [2.05, 4.69) is 0 Å². The van der Waals surface area contributed by atoms with Gasteiger partial charge in [0.05, 0.1) is 25.8 Å². The van der Waals surface area contributed by atoms with Crippen molar-refractivity contribution in [3.05, 3.63) is 87.9 Å². The average Bonchev–Trinajstić information content (AvgIpc) is 2.86. The van der Waals surface area contributed by atoms with Crippen molar-refractivity contribution >= 4 is 17.5 Å². The van der Waals surface area contributed by atoms with E-state index >= 15 is 0 Å². The SMILES string of the molecule is COc1cc2c(cc1OC)[C@@H](c1cccc(C(F)(F)F)c1)N(C(=O)COc1ccc(Cl)cc1)CC2. The molecule has 0 saturated heterocycles. The van der Waals surface area contributed by atoms with Gasteiger partial charge in [-0.3, -0.25) is 4.79 Å². The Bertz CT molecular complexity index is 1210. The number of hydrogen-bond acceptors (Lipinski definition) is 4. The zero-order valence-corrected chi connectivity index (χ0v) is 19.8. The van der Waals surface area contributed by atoms with Crippen LogP contribution in [0, 0.1) is 0 Å². The summed E-state index contributed by atoms with van der Waals surface area (Å²) in [5, 5.41) is 0.533.